The van der Waals surface area contributed by atoms with E-state index in [9.17, 15) is 4.79 Å². The molecule has 1 aliphatic heterocycles. The maximum Gasteiger partial charge on any atom is 0.255 e. The number of hydrogen-bond donors (Lipinski definition) is 2. The van der Waals surface area contributed by atoms with Crippen LogP contribution in [0, 0.1) is 0 Å². The summed E-state index contributed by atoms with van der Waals surface area (Å²) in [6.45, 7) is 6.08. The smallest absolute Gasteiger partial charge is 0.255 e. The minimum absolute atomic E-state index is 0.1000. The fraction of sp³-hybridized carbons (Fsp3) is 0.571. The summed E-state index contributed by atoms with van der Waals surface area (Å²) < 4.78 is 5.45. The Morgan fingerprint density at radius 2 is 2.42 bits per heavy atom. The number of carbonyl (C=O) groups excluding carboxylic acids is 1. The molecule has 1 aromatic heterocycles. The average Bonchev–Trinajstić information content (AvgIpc) is 2.40. The van der Waals surface area contributed by atoms with Crippen LogP contribution in [0.5, 0.6) is 0 Å². The summed E-state index contributed by atoms with van der Waals surface area (Å²) >= 11 is 0. The Morgan fingerprint density at radius 3 is 3.11 bits per heavy atom. The van der Waals surface area contributed by atoms with Crippen molar-refractivity contribution in [3.05, 3.63) is 23.9 Å². The molecule has 1 atom stereocenters. The van der Waals surface area contributed by atoms with Gasteiger partial charge in [-0.05, 0) is 38.8 Å². The van der Waals surface area contributed by atoms with Crippen LogP contribution in [0.3, 0.4) is 0 Å². The number of nitrogens with zero attached hydrogens (tertiary/aromatic N) is 1. The third-order valence-corrected chi connectivity index (χ3v) is 3.25. The topological polar surface area (TPSA) is 63.2 Å². The molecule has 1 aliphatic rings. The Labute approximate surface area is 113 Å². The first-order valence-corrected chi connectivity index (χ1v) is 6.74. The Hall–Kier alpha value is -1.62. The molecule has 2 N–H and O–H groups in total. The standard InChI is InChI=1S/C14H21N3O2/c1-3-15-12-11(6-4-8-16-12)13(18)17-14(2)7-5-9-19-10-14/h4,6,8H,3,5,7,9-10H2,1-2H3,(H,15,16)(H,17,18). The van der Waals surface area contributed by atoms with Gasteiger partial charge in [-0.15, -0.1) is 0 Å². The number of aromatic nitrogens is 1. The van der Waals surface area contributed by atoms with E-state index in [0.29, 0.717) is 18.0 Å². The maximum atomic E-state index is 12.4. The molecule has 0 saturated carbocycles. The zero-order valence-corrected chi connectivity index (χ0v) is 11.5. The van der Waals surface area contributed by atoms with Gasteiger partial charge in [0.2, 0.25) is 0 Å². The lowest BCUT2D eigenvalue weighted by atomic mass is 9.94. The van der Waals surface area contributed by atoms with Crippen LogP contribution in [0.2, 0.25) is 0 Å². The Kier molecular flexibility index (Phi) is 4.37. The van der Waals surface area contributed by atoms with Crippen LogP contribution in [-0.4, -0.2) is 36.2 Å². The molecular formula is C14H21N3O2. The summed E-state index contributed by atoms with van der Waals surface area (Å²) in [4.78, 5) is 16.6. The van der Waals surface area contributed by atoms with Gasteiger partial charge in [0.15, 0.2) is 0 Å². The summed E-state index contributed by atoms with van der Waals surface area (Å²) in [5.74, 6) is 0.528. The second kappa shape index (κ2) is 6.02. The fourth-order valence-electron chi connectivity index (χ4n) is 2.27. The van der Waals surface area contributed by atoms with Gasteiger partial charge < -0.3 is 15.4 Å². The largest absolute Gasteiger partial charge is 0.379 e. The van der Waals surface area contributed by atoms with E-state index in [0.717, 1.165) is 26.0 Å². The van der Waals surface area contributed by atoms with Gasteiger partial charge in [0.05, 0.1) is 17.7 Å². The molecule has 2 rings (SSSR count). The second-order valence-electron chi connectivity index (χ2n) is 5.10. The minimum Gasteiger partial charge on any atom is -0.379 e. The summed E-state index contributed by atoms with van der Waals surface area (Å²) in [5, 5.41) is 6.17. The molecule has 2 heterocycles. The van der Waals surface area contributed by atoms with Crippen LogP contribution < -0.4 is 10.6 Å². The van der Waals surface area contributed by atoms with Crippen LogP contribution >= 0.6 is 0 Å². The van der Waals surface area contributed by atoms with Gasteiger partial charge in [0.25, 0.3) is 5.91 Å². The van der Waals surface area contributed by atoms with Crippen LogP contribution in [0.1, 0.15) is 37.0 Å². The molecule has 0 aromatic carbocycles. The molecule has 5 heteroatoms. The maximum absolute atomic E-state index is 12.4. The predicted octanol–water partition coefficient (Wildman–Crippen LogP) is 1.81. The highest BCUT2D eigenvalue weighted by Gasteiger charge is 2.30. The molecule has 104 valence electrons. The van der Waals surface area contributed by atoms with Crippen molar-refractivity contribution in [2.75, 3.05) is 25.1 Å². The molecule has 1 aromatic rings. The Bertz CT molecular complexity index is 442. The van der Waals surface area contributed by atoms with Crippen molar-refractivity contribution in [1.29, 1.82) is 0 Å². The van der Waals surface area contributed by atoms with Crippen molar-refractivity contribution in [2.45, 2.75) is 32.2 Å². The van der Waals surface area contributed by atoms with Crippen LogP contribution in [0.25, 0.3) is 0 Å². The number of rotatable bonds is 4. The van der Waals surface area contributed by atoms with Crippen LogP contribution in [0.4, 0.5) is 5.82 Å². The van der Waals surface area contributed by atoms with Gasteiger partial charge in [-0.3, -0.25) is 4.79 Å². The molecule has 0 radical (unpaired) electrons. The van der Waals surface area contributed by atoms with Gasteiger partial charge in [-0.25, -0.2) is 4.98 Å². The van der Waals surface area contributed by atoms with Gasteiger partial charge in [0, 0.05) is 19.3 Å². The number of nitrogens with one attached hydrogen (secondary N) is 2. The molecule has 19 heavy (non-hydrogen) atoms. The van der Waals surface area contributed by atoms with Crippen molar-refractivity contribution >= 4 is 11.7 Å². The molecule has 0 bridgehead atoms. The molecule has 1 fully saturated rings. The lowest BCUT2D eigenvalue weighted by molar-refractivity contribution is 0.0273. The predicted molar refractivity (Wildman–Crippen MR) is 74.3 cm³/mol. The Morgan fingerprint density at radius 1 is 1.58 bits per heavy atom. The van der Waals surface area contributed by atoms with Crippen molar-refractivity contribution in [3.63, 3.8) is 0 Å². The molecule has 0 aliphatic carbocycles. The summed E-state index contributed by atoms with van der Waals surface area (Å²) in [6, 6.07) is 3.56. The van der Waals surface area contributed by atoms with E-state index < -0.39 is 0 Å². The quantitative estimate of drug-likeness (QED) is 0.869. The molecular weight excluding hydrogens is 242 g/mol. The average molecular weight is 263 g/mol. The first kappa shape index (κ1) is 13.8. The minimum atomic E-state index is -0.283. The van der Waals surface area contributed by atoms with E-state index in [2.05, 4.69) is 15.6 Å². The number of carbonyl (C=O) groups is 1. The molecule has 1 unspecified atom stereocenters. The third-order valence-electron chi connectivity index (χ3n) is 3.25. The SMILES string of the molecule is CCNc1ncccc1C(=O)NC1(C)CCCOC1. The van der Waals surface area contributed by atoms with E-state index in [-0.39, 0.29) is 11.4 Å². The fourth-order valence-corrected chi connectivity index (χ4v) is 2.27. The summed E-state index contributed by atoms with van der Waals surface area (Å²) in [6.07, 6.45) is 3.60. The van der Waals surface area contributed by atoms with Gasteiger partial charge >= 0.3 is 0 Å². The van der Waals surface area contributed by atoms with E-state index in [4.69, 9.17) is 4.74 Å². The molecule has 0 spiro atoms. The third kappa shape index (κ3) is 3.44. The van der Waals surface area contributed by atoms with E-state index in [1.807, 2.05) is 13.8 Å². The highest BCUT2D eigenvalue weighted by Crippen LogP contribution is 2.20. The number of amides is 1. The highest BCUT2D eigenvalue weighted by atomic mass is 16.5. The number of pyridine rings is 1. The molecule has 1 amide bonds. The lowest BCUT2D eigenvalue weighted by Gasteiger charge is -2.34. The first-order chi connectivity index (χ1) is 9.14. The van der Waals surface area contributed by atoms with Crippen molar-refractivity contribution in [1.82, 2.24) is 10.3 Å². The lowest BCUT2D eigenvalue weighted by Crippen LogP contribution is -2.51. The number of ether oxygens (including phenoxy) is 1. The van der Waals surface area contributed by atoms with Gasteiger partial charge in [0.1, 0.15) is 5.82 Å². The zero-order chi connectivity index (χ0) is 13.7. The van der Waals surface area contributed by atoms with Crippen molar-refractivity contribution in [3.8, 4) is 0 Å². The molecule has 1 saturated heterocycles. The van der Waals surface area contributed by atoms with E-state index in [1.54, 1.807) is 18.3 Å². The van der Waals surface area contributed by atoms with Gasteiger partial charge in [-0.2, -0.15) is 0 Å². The second-order valence-corrected chi connectivity index (χ2v) is 5.10. The summed E-state index contributed by atoms with van der Waals surface area (Å²) in [7, 11) is 0. The summed E-state index contributed by atoms with van der Waals surface area (Å²) in [5.41, 5.74) is 0.297. The van der Waals surface area contributed by atoms with Crippen molar-refractivity contribution in [2.24, 2.45) is 0 Å². The first-order valence-electron chi connectivity index (χ1n) is 6.74. The van der Waals surface area contributed by atoms with E-state index in [1.165, 1.54) is 0 Å². The van der Waals surface area contributed by atoms with E-state index >= 15 is 0 Å². The number of hydrogen-bond acceptors (Lipinski definition) is 4. The zero-order valence-electron chi connectivity index (χ0n) is 11.5. The van der Waals surface area contributed by atoms with Crippen LogP contribution in [-0.2, 0) is 4.74 Å². The van der Waals surface area contributed by atoms with Crippen molar-refractivity contribution < 1.29 is 9.53 Å². The highest BCUT2D eigenvalue weighted by molar-refractivity contribution is 5.99. The van der Waals surface area contributed by atoms with Crippen LogP contribution in [0.15, 0.2) is 18.3 Å². The number of anilines is 1. The van der Waals surface area contributed by atoms with Gasteiger partial charge in [-0.1, -0.05) is 0 Å². The normalized spacial score (nSPS) is 22.8. The molecule has 5 nitrogen and oxygen atoms in total. The Balaban J connectivity index is 2.11. The monoisotopic (exact) mass is 263 g/mol.